The van der Waals surface area contributed by atoms with Gasteiger partial charge in [-0.05, 0) is 51.9 Å². The molecule has 0 bridgehead atoms. The SMILES string of the molecule is CN(CCC1CNC1)CC(=O)NC1CC1. The molecule has 4 nitrogen and oxygen atoms in total. The molecule has 2 N–H and O–H groups in total. The Bertz CT molecular complexity index is 224. The average Bonchev–Trinajstić information content (AvgIpc) is 2.84. The summed E-state index contributed by atoms with van der Waals surface area (Å²) >= 11 is 0. The fraction of sp³-hybridized carbons (Fsp3) is 0.909. The highest BCUT2D eigenvalue weighted by Gasteiger charge is 2.23. The van der Waals surface area contributed by atoms with Crippen molar-refractivity contribution in [3.05, 3.63) is 0 Å². The number of likely N-dealkylation sites (N-methyl/N-ethyl adjacent to an activating group) is 1. The van der Waals surface area contributed by atoms with Crippen molar-refractivity contribution in [3.8, 4) is 0 Å². The van der Waals surface area contributed by atoms with Crippen molar-refractivity contribution in [2.75, 3.05) is 33.2 Å². The van der Waals surface area contributed by atoms with E-state index in [2.05, 4.69) is 15.5 Å². The standard InChI is InChI=1S/C11H21N3O/c1-14(5-4-9-6-12-7-9)8-11(15)13-10-2-3-10/h9-10,12H,2-8H2,1H3,(H,13,15). The van der Waals surface area contributed by atoms with Crippen molar-refractivity contribution in [1.82, 2.24) is 15.5 Å². The Labute approximate surface area is 91.4 Å². The van der Waals surface area contributed by atoms with Crippen molar-refractivity contribution in [2.24, 2.45) is 5.92 Å². The molecule has 1 saturated carbocycles. The van der Waals surface area contributed by atoms with Gasteiger partial charge in [-0.15, -0.1) is 0 Å². The highest BCUT2D eigenvalue weighted by atomic mass is 16.2. The molecule has 2 fully saturated rings. The molecule has 0 aromatic carbocycles. The van der Waals surface area contributed by atoms with Crippen LogP contribution in [-0.2, 0) is 4.79 Å². The van der Waals surface area contributed by atoms with Crippen LogP contribution in [0.1, 0.15) is 19.3 Å². The number of amides is 1. The molecule has 1 amide bonds. The van der Waals surface area contributed by atoms with Crippen LogP contribution < -0.4 is 10.6 Å². The summed E-state index contributed by atoms with van der Waals surface area (Å²) in [6, 6.07) is 0.488. The maximum atomic E-state index is 11.5. The summed E-state index contributed by atoms with van der Waals surface area (Å²) in [6.45, 7) is 3.89. The number of nitrogens with one attached hydrogen (secondary N) is 2. The first-order valence-electron chi connectivity index (χ1n) is 5.92. The van der Waals surface area contributed by atoms with Gasteiger partial charge in [0.1, 0.15) is 0 Å². The lowest BCUT2D eigenvalue weighted by atomic mass is 9.99. The molecule has 0 aromatic heterocycles. The lowest BCUT2D eigenvalue weighted by Crippen LogP contribution is -2.44. The van der Waals surface area contributed by atoms with Gasteiger partial charge in [-0.2, -0.15) is 0 Å². The summed E-state index contributed by atoms with van der Waals surface area (Å²) in [4.78, 5) is 13.6. The van der Waals surface area contributed by atoms with Crippen molar-refractivity contribution in [2.45, 2.75) is 25.3 Å². The van der Waals surface area contributed by atoms with Gasteiger partial charge in [0, 0.05) is 6.04 Å². The number of carbonyl (C=O) groups is 1. The Morgan fingerprint density at radius 2 is 2.20 bits per heavy atom. The molecule has 1 saturated heterocycles. The van der Waals surface area contributed by atoms with E-state index in [1.165, 1.54) is 19.3 Å². The average molecular weight is 211 g/mol. The molecule has 15 heavy (non-hydrogen) atoms. The molecule has 0 unspecified atom stereocenters. The quantitative estimate of drug-likeness (QED) is 0.640. The lowest BCUT2D eigenvalue weighted by molar-refractivity contribution is -0.122. The second kappa shape index (κ2) is 4.94. The Balaban J connectivity index is 1.53. The molecule has 2 rings (SSSR count). The lowest BCUT2D eigenvalue weighted by Gasteiger charge is -2.28. The third kappa shape index (κ3) is 3.80. The van der Waals surface area contributed by atoms with Gasteiger partial charge in [0.25, 0.3) is 0 Å². The molecule has 1 aliphatic heterocycles. The zero-order valence-electron chi connectivity index (χ0n) is 9.46. The fourth-order valence-corrected chi connectivity index (χ4v) is 1.78. The second-order valence-electron chi connectivity index (χ2n) is 4.89. The van der Waals surface area contributed by atoms with Crippen LogP contribution in [0.4, 0.5) is 0 Å². The Morgan fingerprint density at radius 3 is 2.73 bits per heavy atom. The van der Waals surface area contributed by atoms with Crippen LogP contribution in [0.2, 0.25) is 0 Å². The van der Waals surface area contributed by atoms with Crippen LogP contribution in [0, 0.1) is 5.92 Å². The molecule has 86 valence electrons. The highest BCUT2D eigenvalue weighted by Crippen LogP contribution is 2.18. The topological polar surface area (TPSA) is 44.4 Å². The van der Waals surface area contributed by atoms with Crippen molar-refractivity contribution in [1.29, 1.82) is 0 Å². The number of hydrogen-bond acceptors (Lipinski definition) is 3. The van der Waals surface area contributed by atoms with E-state index >= 15 is 0 Å². The Morgan fingerprint density at radius 1 is 1.47 bits per heavy atom. The monoisotopic (exact) mass is 211 g/mol. The molecular formula is C11H21N3O. The molecule has 1 heterocycles. The normalized spacial score (nSPS) is 21.5. The molecule has 0 radical (unpaired) electrons. The van der Waals surface area contributed by atoms with Crippen LogP contribution >= 0.6 is 0 Å². The van der Waals surface area contributed by atoms with Gasteiger partial charge in [-0.3, -0.25) is 9.69 Å². The molecular weight excluding hydrogens is 190 g/mol. The Kier molecular flexibility index (Phi) is 3.59. The first-order valence-corrected chi connectivity index (χ1v) is 5.92. The third-order valence-corrected chi connectivity index (χ3v) is 3.14. The van der Waals surface area contributed by atoms with E-state index in [1.807, 2.05) is 7.05 Å². The van der Waals surface area contributed by atoms with Crippen LogP contribution in [-0.4, -0.2) is 50.1 Å². The van der Waals surface area contributed by atoms with E-state index in [0.29, 0.717) is 12.6 Å². The summed E-state index contributed by atoms with van der Waals surface area (Å²) < 4.78 is 0. The molecule has 0 spiro atoms. The summed E-state index contributed by atoms with van der Waals surface area (Å²) in [6.07, 6.45) is 3.55. The number of carbonyl (C=O) groups excluding carboxylic acids is 1. The summed E-state index contributed by atoms with van der Waals surface area (Å²) in [7, 11) is 2.03. The van der Waals surface area contributed by atoms with Crippen LogP contribution in [0.25, 0.3) is 0 Å². The second-order valence-corrected chi connectivity index (χ2v) is 4.89. The van der Waals surface area contributed by atoms with Crippen LogP contribution in [0.3, 0.4) is 0 Å². The van der Waals surface area contributed by atoms with E-state index in [9.17, 15) is 4.79 Å². The van der Waals surface area contributed by atoms with E-state index in [-0.39, 0.29) is 5.91 Å². The smallest absolute Gasteiger partial charge is 0.234 e. The van der Waals surface area contributed by atoms with Crippen molar-refractivity contribution >= 4 is 5.91 Å². The van der Waals surface area contributed by atoms with E-state index in [0.717, 1.165) is 25.6 Å². The molecule has 0 aromatic rings. The van der Waals surface area contributed by atoms with Gasteiger partial charge >= 0.3 is 0 Å². The van der Waals surface area contributed by atoms with Crippen molar-refractivity contribution in [3.63, 3.8) is 0 Å². The van der Waals surface area contributed by atoms with Crippen LogP contribution in [0.15, 0.2) is 0 Å². The maximum absolute atomic E-state index is 11.5. The van der Waals surface area contributed by atoms with E-state index in [4.69, 9.17) is 0 Å². The molecule has 0 atom stereocenters. The zero-order valence-corrected chi connectivity index (χ0v) is 9.46. The Hall–Kier alpha value is -0.610. The van der Waals surface area contributed by atoms with Gasteiger partial charge < -0.3 is 10.6 Å². The predicted molar refractivity (Wildman–Crippen MR) is 59.6 cm³/mol. The summed E-state index contributed by atoms with van der Waals surface area (Å²) in [5.74, 6) is 1.02. The minimum atomic E-state index is 0.187. The van der Waals surface area contributed by atoms with Crippen molar-refractivity contribution < 1.29 is 4.79 Å². The minimum absolute atomic E-state index is 0.187. The summed E-state index contributed by atoms with van der Waals surface area (Å²) in [5, 5.41) is 6.27. The van der Waals surface area contributed by atoms with Gasteiger partial charge in [0.05, 0.1) is 6.54 Å². The summed E-state index contributed by atoms with van der Waals surface area (Å²) in [5.41, 5.74) is 0. The predicted octanol–water partition coefficient (Wildman–Crippen LogP) is -0.194. The largest absolute Gasteiger partial charge is 0.352 e. The minimum Gasteiger partial charge on any atom is -0.352 e. The first-order chi connectivity index (χ1) is 7.24. The van der Waals surface area contributed by atoms with E-state index < -0.39 is 0 Å². The van der Waals surface area contributed by atoms with Gasteiger partial charge in [-0.25, -0.2) is 0 Å². The maximum Gasteiger partial charge on any atom is 0.234 e. The zero-order chi connectivity index (χ0) is 10.7. The van der Waals surface area contributed by atoms with Gasteiger partial charge in [0.15, 0.2) is 0 Å². The molecule has 2 aliphatic rings. The third-order valence-electron chi connectivity index (χ3n) is 3.14. The van der Waals surface area contributed by atoms with E-state index in [1.54, 1.807) is 0 Å². The molecule has 4 heteroatoms. The molecule has 1 aliphatic carbocycles. The number of nitrogens with zero attached hydrogens (tertiary/aromatic N) is 1. The van der Waals surface area contributed by atoms with Gasteiger partial charge in [-0.1, -0.05) is 0 Å². The number of hydrogen-bond donors (Lipinski definition) is 2. The first kappa shape index (κ1) is 10.9. The fourth-order valence-electron chi connectivity index (χ4n) is 1.78. The van der Waals surface area contributed by atoms with Crippen LogP contribution in [0.5, 0.6) is 0 Å². The van der Waals surface area contributed by atoms with Gasteiger partial charge in [0.2, 0.25) is 5.91 Å². The highest BCUT2D eigenvalue weighted by molar-refractivity contribution is 5.78. The number of rotatable bonds is 6.